The Morgan fingerprint density at radius 2 is 1.62 bits per heavy atom. The first-order valence-corrected chi connectivity index (χ1v) is 7.59. The zero-order valence-corrected chi connectivity index (χ0v) is 12.4. The summed E-state index contributed by atoms with van der Waals surface area (Å²) in [6.45, 7) is 0. The van der Waals surface area contributed by atoms with Crippen LogP contribution < -0.4 is 5.43 Å². The van der Waals surface area contributed by atoms with Crippen LogP contribution in [0.1, 0.15) is 6.42 Å². The number of hydrogen-bond donors (Lipinski definition) is 1. The van der Waals surface area contributed by atoms with Gasteiger partial charge in [0.2, 0.25) is 0 Å². The highest BCUT2D eigenvalue weighted by atomic mass is 35.5. The number of fused-ring (bicyclic) bond motifs is 5. The van der Waals surface area contributed by atoms with Gasteiger partial charge in [0.05, 0.1) is 27.6 Å². The minimum atomic E-state index is -0.206. The van der Waals surface area contributed by atoms with E-state index in [9.17, 15) is 9.59 Å². The minimum absolute atomic E-state index is 0.145. The third-order valence-electron chi connectivity index (χ3n) is 4.63. The number of allylic oxidation sites excluding steroid dienone is 2. The Morgan fingerprint density at radius 3 is 2.19 bits per heavy atom. The van der Waals surface area contributed by atoms with Gasteiger partial charge in [-0.1, -0.05) is 35.4 Å². The number of carbonyl (C=O) groups excluding carboxylic acids is 2. The smallest absolute Gasteiger partial charge is 0.252 e. The van der Waals surface area contributed by atoms with E-state index in [1.165, 1.54) is 0 Å². The van der Waals surface area contributed by atoms with E-state index in [1.54, 1.807) is 18.2 Å². The molecule has 21 heavy (non-hydrogen) atoms. The molecule has 1 saturated heterocycles. The van der Waals surface area contributed by atoms with Crippen molar-refractivity contribution in [3.8, 4) is 0 Å². The molecule has 4 unspecified atom stereocenters. The lowest BCUT2D eigenvalue weighted by Crippen LogP contribution is -2.37. The van der Waals surface area contributed by atoms with E-state index in [0.29, 0.717) is 15.7 Å². The Hall–Kier alpha value is -1.52. The van der Waals surface area contributed by atoms with Crippen molar-refractivity contribution >= 4 is 40.7 Å². The monoisotopic (exact) mass is 322 g/mol. The van der Waals surface area contributed by atoms with Gasteiger partial charge >= 0.3 is 0 Å². The number of nitrogens with one attached hydrogen (secondary N) is 1. The number of amides is 2. The van der Waals surface area contributed by atoms with Gasteiger partial charge in [-0.2, -0.15) is 5.01 Å². The highest BCUT2D eigenvalue weighted by Gasteiger charge is 2.59. The van der Waals surface area contributed by atoms with Crippen LogP contribution in [0.4, 0.5) is 5.69 Å². The fourth-order valence-corrected chi connectivity index (χ4v) is 4.01. The second-order valence-electron chi connectivity index (χ2n) is 5.75. The van der Waals surface area contributed by atoms with E-state index in [1.807, 2.05) is 0 Å². The van der Waals surface area contributed by atoms with Gasteiger partial charge in [0, 0.05) is 0 Å². The number of halogens is 2. The third-order valence-corrected chi connectivity index (χ3v) is 5.37. The maximum absolute atomic E-state index is 12.5. The highest BCUT2D eigenvalue weighted by molar-refractivity contribution is 6.42. The molecule has 1 N–H and O–H groups in total. The fourth-order valence-electron chi connectivity index (χ4n) is 3.71. The summed E-state index contributed by atoms with van der Waals surface area (Å²) in [5.74, 6) is -0.291. The number of imide groups is 1. The van der Waals surface area contributed by atoms with Gasteiger partial charge < -0.3 is 0 Å². The molecule has 2 fully saturated rings. The van der Waals surface area contributed by atoms with E-state index in [0.717, 1.165) is 11.4 Å². The summed E-state index contributed by atoms with van der Waals surface area (Å²) in [6.07, 6.45) is 5.06. The molecule has 1 aromatic carbocycles. The van der Waals surface area contributed by atoms with Crippen LogP contribution in [0.3, 0.4) is 0 Å². The van der Waals surface area contributed by atoms with Crippen molar-refractivity contribution in [3.63, 3.8) is 0 Å². The molecule has 1 heterocycles. The highest BCUT2D eigenvalue weighted by Crippen LogP contribution is 2.52. The zero-order chi connectivity index (χ0) is 14.7. The molecule has 6 heteroatoms. The van der Waals surface area contributed by atoms with Crippen LogP contribution in [0.25, 0.3) is 0 Å². The molecule has 108 valence electrons. The minimum Gasteiger partial charge on any atom is -0.289 e. The number of nitrogens with zero attached hydrogens (tertiary/aromatic N) is 1. The maximum Gasteiger partial charge on any atom is 0.252 e. The van der Waals surface area contributed by atoms with Crippen LogP contribution in [-0.2, 0) is 9.59 Å². The summed E-state index contributed by atoms with van der Waals surface area (Å²) in [5.41, 5.74) is 3.44. The fraction of sp³-hybridized carbons (Fsp3) is 0.333. The molecule has 4 rings (SSSR count). The SMILES string of the molecule is O=C1C2C3C=CC(C3)C2C(=O)N1Nc1ccc(Cl)c(Cl)c1. The van der Waals surface area contributed by atoms with Gasteiger partial charge in [0.1, 0.15) is 0 Å². The number of benzene rings is 1. The Balaban J connectivity index is 1.61. The number of hydrazine groups is 1. The largest absolute Gasteiger partial charge is 0.289 e. The first-order valence-electron chi connectivity index (χ1n) is 6.84. The van der Waals surface area contributed by atoms with E-state index in [2.05, 4.69) is 17.6 Å². The lowest BCUT2D eigenvalue weighted by molar-refractivity contribution is -0.139. The van der Waals surface area contributed by atoms with E-state index < -0.39 is 0 Å². The number of anilines is 1. The normalized spacial score (nSPS) is 33.0. The molecule has 2 aliphatic carbocycles. The summed E-state index contributed by atoms with van der Waals surface area (Å²) in [4.78, 5) is 25.0. The molecule has 1 aromatic rings. The van der Waals surface area contributed by atoms with Crippen molar-refractivity contribution < 1.29 is 9.59 Å². The Labute approximate surface area is 131 Å². The van der Waals surface area contributed by atoms with Crippen LogP contribution in [0.2, 0.25) is 10.0 Å². The van der Waals surface area contributed by atoms with Gasteiger partial charge in [-0.15, -0.1) is 0 Å². The molecule has 1 aliphatic heterocycles. The summed E-state index contributed by atoms with van der Waals surface area (Å²) in [5, 5.41) is 1.95. The number of hydrogen-bond acceptors (Lipinski definition) is 3. The van der Waals surface area contributed by atoms with Crippen LogP contribution in [0.5, 0.6) is 0 Å². The molecule has 4 atom stereocenters. The molecular formula is C15H12Cl2N2O2. The van der Waals surface area contributed by atoms with Gasteiger partial charge in [0.15, 0.2) is 0 Å². The van der Waals surface area contributed by atoms with Crippen LogP contribution in [0, 0.1) is 23.7 Å². The molecular weight excluding hydrogens is 311 g/mol. The predicted octanol–water partition coefficient (Wildman–Crippen LogP) is 3.13. The predicted molar refractivity (Wildman–Crippen MR) is 79.7 cm³/mol. The Kier molecular flexibility index (Phi) is 2.81. The van der Waals surface area contributed by atoms with Crippen LogP contribution in [0.15, 0.2) is 30.4 Å². The molecule has 4 nitrogen and oxygen atoms in total. The first kappa shape index (κ1) is 13.2. The van der Waals surface area contributed by atoms with E-state index in [-0.39, 0.29) is 35.5 Å². The lowest BCUT2D eigenvalue weighted by Gasteiger charge is -2.19. The summed E-state index contributed by atoms with van der Waals surface area (Å²) >= 11 is 11.8. The molecule has 2 bridgehead atoms. The van der Waals surface area contributed by atoms with Gasteiger partial charge in [-0.3, -0.25) is 15.0 Å². The van der Waals surface area contributed by atoms with Crippen LogP contribution >= 0.6 is 23.2 Å². The van der Waals surface area contributed by atoms with Crippen molar-refractivity contribution in [3.05, 3.63) is 40.4 Å². The summed E-state index contributed by atoms with van der Waals surface area (Å²) < 4.78 is 0. The van der Waals surface area contributed by atoms with Crippen molar-refractivity contribution in [2.75, 3.05) is 5.43 Å². The van der Waals surface area contributed by atoms with Crippen molar-refractivity contribution in [2.45, 2.75) is 6.42 Å². The standard InChI is InChI=1S/C15H12Cl2N2O2/c16-10-4-3-9(6-11(10)17)18-19-14(20)12-7-1-2-8(5-7)13(12)15(19)21/h1-4,6-8,12-13,18H,5H2. The number of rotatable bonds is 2. The van der Waals surface area contributed by atoms with Crippen molar-refractivity contribution in [1.29, 1.82) is 0 Å². The molecule has 1 saturated carbocycles. The summed E-state index contributed by atoms with van der Waals surface area (Å²) in [6, 6.07) is 4.92. The van der Waals surface area contributed by atoms with Gasteiger partial charge in [-0.05, 0) is 36.5 Å². The first-order chi connectivity index (χ1) is 10.1. The molecule has 3 aliphatic rings. The van der Waals surface area contributed by atoms with E-state index in [4.69, 9.17) is 23.2 Å². The van der Waals surface area contributed by atoms with Crippen molar-refractivity contribution in [2.24, 2.45) is 23.7 Å². The second kappa shape index (κ2) is 4.49. The van der Waals surface area contributed by atoms with Gasteiger partial charge in [-0.25, -0.2) is 0 Å². The Bertz CT molecular complexity index is 658. The van der Waals surface area contributed by atoms with Crippen LogP contribution in [-0.4, -0.2) is 16.8 Å². The topological polar surface area (TPSA) is 49.4 Å². The zero-order valence-electron chi connectivity index (χ0n) is 10.9. The Morgan fingerprint density at radius 1 is 1.00 bits per heavy atom. The lowest BCUT2D eigenvalue weighted by atomic mass is 9.85. The molecule has 2 amide bonds. The molecule has 0 spiro atoms. The average molecular weight is 323 g/mol. The summed E-state index contributed by atoms with van der Waals surface area (Å²) in [7, 11) is 0. The number of carbonyl (C=O) groups is 2. The van der Waals surface area contributed by atoms with Crippen molar-refractivity contribution in [1.82, 2.24) is 5.01 Å². The second-order valence-corrected chi connectivity index (χ2v) is 6.57. The van der Waals surface area contributed by atoms with Gasteiger partial charge in [0.25, 0.3) is 11.8 Å². The van der Waals surface area contributed by atoms with E-state index >= 15 is 0 Å². The molecule has 0 aromatic heterocycles. The quantitative estimate of drug-likeness (QED) is 0.672. The maximum atomic E-state index is 12.5. The third kappa shape index (κ3) is 1.82. The average Bonchev–Trinajstić information content (AvgIpc) is 3.12. The molecule has 0 radical (unpaired) electrons.